The first kappa shape index (κ1) is 11.2. The zero-order valence-corrected chi connectivity index (χ0v) is 9.00. The fourth-order valence-corrected chi connectivity index (χ4v) is 1.33. The quantitative estimate of drug-likeness (QED) is 0.745. The van der Waals surface area contributed by atoms with Crippen LogP contribution in [-0.2, 0) is 6.54 Å². The first-order chi connectivity index (χ1) is 6.65. The van der Waals surface area contributed by atoms with E-state index in [-0.39, 0.29) is 6.61 Å². The summed E-state index contributed by atoms with van der Waals surface area (Å²) in [7, 11) is 0. The standard InChI is InChI=1S/C10H18N2O2/c1-7(4-5-13)11-6-10-8(2)12-14-9(10)3/h7,11,13H,4-6H2,1-3H3/t7-/m1/s1. The van der Waals surface area contributed by atoms with Gasteiger partial charge >= 0.3 is 0 Å². The molecule has 0 saturated heterocycles. The van der Waals surface area contributed by atoms with Crippen LogP contribution >= 0.6 is 0 Å². The first-order valence-corrected chi connectivity index (χ1v) is 4.91. The van der Waals surface area contributed by atoms with Crippen molar-refractivity contribution in [1.82, 2.24) is 10.5 Å². The summed E-state index contributed by atoms with van der Waals surface area (Å²) in [5, 5.41) is 15.9. The number of nitrogens with one attached hydrogen (secondary N) is 1. The summed E-state index contributed by atoms with van der Waals surface area (Å²) in [6, 6.07) is 0.314. The molecule has 0 fully saturated rings. The number of nitrogens with zero attached hydrogens (tertiary/aromatic N) is 1. The highest BCUT2D eigenvalue weighted by Crippen LogP contribution is 2.11. The molecule has 2 N–H and O–H groups in total. The molecular weight excluding hydrogens is 180 g/mol. The highest BCUT2D eigenvalue weighted by atomic mass is 16.5. The second-order valence-electron chi connectivity index (χ2n) is 3.60. The second kappa shape index (κ2) is 5.12. The first-order valence-electron chi connectivity index (χ1n) is 4.91. The molecule has 0 aromatic carbocycles. The van der Waals surface area contributed by atoms with E-state index in [1.807, 2.05) is 20.8 Å². The van der Waals surface area contributed by atoms with Crippen LogP contribution in [0.15, 0.2) is 4.52 Å². The van der Waals surface area contributed by atoms with Gasteiger partial charge in [0, 0.05) is 24.8 Å². The topological polar surface area (TPSA) is 58.3 Å². The Balaban J connectivity index is 2.45. The van der Waals surface area contributed by atoms with E-state index in [0.717, 1.165) is 30.0 Å². The van der Waals surface area contributed by atoms with Crippen LogP contribution in [0.4, 0.5) is 0 Å². The van der Waals surface area contributed by atoms with Gasteiger partial charge in [-0.15, -0.1) is 0 Å². The Morgan fingerprint density at radius 3 is 2.71 bits per heavy atom. The summed E-state index contributed by atoms with van der Waals surface area (Å²) >= 11 is 0. The molecule has 4 heteroatoms. The van der Waals surface area contributed by atoms with E-state index in [4.69, 9.17) is 9.63 Å². The molecule has 0 aliphatic carbocycles. The molecule has 0 radical (unpaired) electrons. The molecule has 0 saturated carbocycles. The van der Waals surface area contributed by atoms with E-state index in [2.05, 4.69) is 10.5 Å². The van der Waals surface area contributed by atoms with Gasteiger partial charge in [0.05, 0.1) is 5.69 Å². The van der Waals surface area contributed by atoms with Crippen LogP contribution in [0.2, 0.25) is 0 Å². The fraction of sp³-hybridized carbons (Fsp3) is 0.700. The van der Waals surface area contributed by atoms with Crippen LogP contribution < -0.4 is 5.32 Å². The highest BCUT2D eigenvalue weighted by Gasteiger charge is 2.09. The highest BCUT2D eigenvalue weighted by molar-refractivity contribution is 5.20. The van der Waals surface area contributed by atoms with Crippen LogP contribution in [0.1, 0.15) is 30.4 Å². The summed E-state index contributed by atoms with van der Waals surface area (Å²) in [4.78, 5) is 0. The molecule has 4 nitrogen and oxygen atoms in total. The molecular formula is C10H18N2O2. The third-order valence-electron chi connectivity index (χ3n) is 2.37. The largest absolute Gasteiger partial charge is 0.396 e. The number of rotatable bonds is 5. The zero-order valence-electron chi connectivity index (χ0n) is 9.00. The molecule has 1 aromatic heterocycles. The molecule has 0 bridgehead atoms. The average molecular weight is 198 g/mol. The normalized spacial score (nSPS) is 13.1. The molecule has 0 aliphatic rings. The third-order valence-corrected chi connectivity index (χ3v) is 2.37. The molecule has 1 rings (SSSR count). The Kier molecular flexibility index (Phi) is 4.10. The van der Waals surface area contributed by atoms with E-state index in [9.17, 15) is 0 Å². The van der Waals surface area contributed by atoms with Gasteiger partial charge < -0.3 is 14.9 Å². The summed E-state index contributed by atoms with van der Waals surface area (Å²) in [6.07, 6.45) is 0.767. The number of aliphatic hydroxyl groups excluding tert-OH is 1. The number of aliphatic hydroxyl groups is 1. The van der Waals surface area contributed by atoms with Crippen LogP contribution in [0, 0.1) is 13.8 Å². The van der Waals surface area contributed by atoms with Crippen molar-refractivity contribution in [3.8, 4) is 0 Å². The van der Waals surface area contributed by atoms with Gasteiger partial charge in [-0.25, -0.2) is 0 Å². The van der Waals surface area contributed by atoms with E-state index in [1.165, 1.54) is 0 Å². The third kappa shape index (κ3) is 2.82. The smallest absolute Gasteiger partial charge is 0.138 e. The fourth-order valence-electron chi connectivity index (χ4n) is 1.33. The van der Waals surface area contributed by atoms with Crippen molar-refractivity contribution in [2.45, 2.75) is 39.8 Å². The van der Waals surface area contributed by atoms with E-state index < -0.39 is 0 Å². The minimum atomic E-state index is 0.218. The molecule has 0 spiro atoms. The van der Waals surface area contributed by atoms with Crippen molar-refractivity contribution in [3.63, 3.8) is 0 Å². The maximum Gasteiger partial charge on any atom is 0.138 e. The van der Waals surface area contributed by atoms with Gasteiger partial charge in [0.1, 0.15) is 5.76 Å². The predicted molar refractivity (Wildman–Crippen MR) is 54.0 cm³/mol. The molecule has 80 valence electrons. The lowest BCUT2D eigenvalue weighted by Crippen LogP contribution is -2.26. The van der Waals surface area contributed by atoms with Crippen molar-refractivity contribution in [1.29, 1.82) is 0 Å². The summed E-state index contributed by atoms with van der Waals surface area (Å²) in [5.41, 5.74) is 2.06. The van der Waals surface area contributed by atoms with Crippen molar-refractivity contribution in [2.24, 2.45) is 0 Å². The molecule has 1 atom stereocenters. The second-order valence-corrected chi connectivity index (χ2v) is 3.60. The lowest BCUT2D eigenvalue weighted by Gasteiger charge is -2.11. The van der Waals surface area contributed by atoms with Gasteiger partial charge in [0.15, 0.2) is 0 Å². The predicted octanol–water partition coefficient (Wildman–Crippen LogP) is 1.15. The Bertz CT molecular complexity index is 264. The summed E-state index contributed by atoms with van der Waals surface area (Å²) < 4.78 is 5.05. The van der Waals surface area contributed by atoms with Gasteiger partial charge in [-0.1, -0.05) is 5.16 Å². The van der Waals surface area contributed by atoms with Crippen molar-refractivity contribution >= 4 is 0 Å². The van der Waals surface area contributed by atoms with Gasteiger partial charge in [0.25, 0.3) is 0 Å². The van der Waals surface area contributed by atoms with Crippen molar-refractivity contribution in [3.05, 3.63) is 17.0 Å². The zero-order chi connectivity index (χ0) is 10.6. The van der Waals surface area contributed by atoms with Gasteiger partial charge in [0.2, 0.25) is 0 Å². The molecule has 1 heterocycles. The summed E-state index contributed by atoms with van der Waals surface area (Å²) in [5.74, 6) is 0.867. The van der Waals surface area contributed by atoms with E-state index in [1.54, 1.807) is 0 Å². The van der Waals surface area contributed by atoms with Crippen LogP contribution in [-0.4, -0.2) is 22.9 Å². The maximum atomic E-state index is 8.73. The van der Waals surface area contributed by atoms with Gasteiger partial charge in [-0.05, 0) is 27.2 Å². The van der Waals surface area contributed by atoms with Gasteiger partial charge in [-0.2, -0.15) is 0 Å². The van der Waals surface area contributed by atoms with Crippen LogP contribution in [0.3, 0.4) is 0 Å². The summed E-state index contributed by atoms with van der Waals surface area (Å²) in [6.45, 7) is 6.87. The number of aromatic nitrogens is 1. The van der Waals surface area contributed by atoms with E-state index >= 15 is 0 Å². The lowest BCUT2D eigenvalue weighted by molar-refractivity contribution is 0.268. The van der Waals surface area contributed by atoms with Crippen LogP contribution in [0.25, 0.3) is 0 Å². The Labute approximate surface area is 84.3 Å². The van der Waals surface area contributed by atoms with Crippen molar-refractivity contribution < 1.29 is 9.63 Å². The van der Waals surface area contributed by atoms with Crippen LogP contribution in [0.5, 0.6) is 0 Å². The lowest BCUT2D eigenvalue weighted by atomic mass is 10.2. The maximum absolute atomic E-state index is 8.73. The Hall–Kier alpha value is -0.870. The number of hydrogen-bond acceptors (Lipinski definition) is 4. The molecule has 14 heavy (non-hydrogen) atoms. The van der Waals surface area contributed by atoms with Crippen molar-refractivity contribution in [2.75, 3.05) is 6.61 Å². The number of aryl methyl sites for hydroxylation is 2. The molecule has 0 amide bonds. The average Bonchev–Trinajstić information content (AvgIpc) is 2.44. The minimum absolute atomic E-state index is 0.218. The van der Waals surface area contributed by atoms with Gasteiger partial charge in [-0.3, -0.25) is 0 Å². The molecule has 1 aromatic rings. The Morgan fingerprint density at radius 1 is 1.50 bits per heavy atom. The molecule has 0 unspecified atom stereocenters. The minimum Gasteiger partial charge on any atom is -0.396 e. The number of hydrogen-bond donors (Lipinski definition) is 2. The Morgan fingerprint density at radius 2 is 2.21 bits per heavy atom. The van der Waals surface area contributed by atoms with E-state index in [0.29, 0.717) is 6.04 Å². The monoisotopic (exact) mass is 198 g/mol. The SMILES string of the molecule is Cc1noc(C)c1CN[C@H](C)CCO. The molecule has 0 aliphatic heterocycles.